The maximum absolute atomic E-state index is 13.8. The summed E-state index contributed by atoms with van der Waals surface area (Å²) in [6, 6.07) is 6.90. The van der Waals surface area contributed by atoms with Gasteiger partial charge in [0.25, 0.3) is 0 Å². The van der Waals surface area contributed by atoms with Crippen LogP contribution in [0.4, 0.5) is 4.39 Å². The fourth-order valence-corrected chi connectivity index (χ4v) is 2.29. The highest BCUT2D eigenvalue weighted by Gasteiger charge is 2.22. The van der Waals surface area contributed by atoms with E-state index in [9.17, 15) is 4.39 Å². The van der Waals surface area contributed by atoms with Gasteiger partial charge in [-0.3, -0.25) is 4.90 Å². The zero-order valence-electron chi connectivity index (χ0n) is 10.2. The maximum atomic E-state index is 13.8. The van der Waals surface area contributed by atoms with Gasteiger partial charge in [0.05, 0.1) is 6.04 Å². The molecule has 2 rings (SSSR count). The molecular formula is C14H19FN2. The molecule has 1 aliphatic heterocycles. The zero-order valence-corrected chi connectivity index (χ0v) is 10.2. The number of halogens is 1. The first kappa shape index (κ1) is 12.3. The molecule has 0 bridgehead atoms. The van der Waals surface area contributed by atoms with Gasteiger partial charge >= 0.3 is 0 Å². The summed E-state index contributed by atoms with van der Waals surface area (Å²) in [6.07, 6.45) is 3.25. The Morgan fingerprint density at radius 2 is 2.18 bits per heavy atom. The van der Waals surface area contributed by atoms with Crippen molar-refractivity contribution in [2.24, 2.45) is 5.73 Å². The van der Waals surface area contributed by atoms with Crippen LogP contribution in [0.5, 0.6) is 0 Å². The highest BCUT2D eigenvalue weighted by molar-refractivity contribution is 5.22. The van der Waals surface area contributed by atoms with Gasteiger partial charge in [-0.15, -0.1) is 0 Å². The molecule has 3 heteroatoms. The summed E-state index contributed by atoms with van der Waals surface area (Å²) < 4.78 is 13.8. The van der Waals surface area contributed by atoms with Crippen molar-refractivity contribution in [1.29, 1.82) is 0 Å². The summed E-state index contributed by atoms with van der Waals surface area (Å²) in [7, 11) is 0. The fraction of sp³-hybridized carbons (Fsp3) is 0.429. The third kappa shape index (κ3) is 2.73. The molecule has 0 saturated carbocycles. The Labute approximate surface area is 102 Å². The average Bonchev–Trinajstić information content (AvgIpc) is 2.35. The Kier molecular flexibility index (Phi) is 3.92. The van der Waals surface area contributed by atoms with Gasteiger partial charge in [-0.05, 0) is 19.4 Å². The molecule has 1 aromatic rings. The van der Waals surface area contributed by atoms with Gasteiger partial charge in [0.1, 0.15) is 5.82 Å². The van der Waals surface area contributed by atoms with Crippen LogP contribution in [0.25, 0.3) is 0 Å². The first-order valence-corrected chi connectivity index (χ1v) is 6.06. The number of hydrogen-bond acceptors (Lipinski definition) is 2. The van der Waals surface area contributed by atoms with E-state index < -0.39 is 0 Å². The van der Waals surface area contributed by atoms with Crippen molar-refractivity contribution in [3.8, 4) is 0 Å². The van der Waals surface area contributed by atoms with Crippen LogP contribution in [-0.2, 0) is 0 Å². The van der Waals surface area contributed by atoms with E-state index >= 15 is 0 Å². The summed E-state index contributed by atoms with van der Waals surface area (Å²) in [6.45, 7) is 4.41. The highest BCUT2D eigenvalue weighted by atomic mass is 19.1. The van der Waals surface area contributed by atoms with Crippen LogP contribution in [0.2, 0.25) is 0 Å². The average molecular weight is 234 g/mol. The third-order valence-electron chi connectivity index (χ3n) is 3.40. The molecule has 0 amide bonds. The molecule has 0 aliphatic carbocycles. The normalized spacial score (nSPS) is 18.9. The molecule has 0 spiro atoms. The van der Waals surface area contributed by atoms with Crippen molar-refractivity contribution in [3.05, 3.63) is 47.3 Å². The molecule has 0 radical (unpaired) electrons. The molecule has 0 fully saturated rings. The lowest BCUT2D eigenvalue weighted by Gasteiger charge is -2.33. The largest absolute Gasteiger partial charge is 0.329 e. The first-order chi connectivity index (χ1) is 8.22. The second-order valence-electron chi connectivity index (χ2n) is 4.57. The van der Waals surface area contributed by atoms with Gasteiger partial charge < -0.3 is 5.73 Å². The van der Waals surface area contributed by atoms with Crippen molar-refractivity contribution in [1.82, 2.24) is 4.90 Å². The van der Waals surface area contributed by atoms with Crippen molar-refractivity contribution in [2.45, 2.75) is 19.4 Å². The first-order valence-electron chi connectivity index (χ1n) is 6.06. The van der Waals surface area contributed by atoms with Gasteiger partial charge in [0, 0.05) is 25.2 Å². The standard InChI is InChI=1S/C14H19FN2/c1-11-6-8-17(9-7-11)14(10-16)12-4-2-3-5-13(12)15/h2-6,14H,7-10,16H2,1H3. The quantitative estimate of drug-likeness (QED) is 0.814. The van der Waals surface area contributed by atoms with E-state index in [4.69, 9.17) is 5.73 Å². The second kappa shape index (κ2) is 5.43. The smallest absolute Gasteiger partial charge is 0.128 e. The number of nitrogens with two attached hydrogens (primary N) is 1. The lowest BCUT2D eigenvalue weighted by Crippen LogP contribution is -2.37. The molecule has 17 heavy (non-hydrogen) atoms. The maximum Gasteiger partial charge on any atom is 0.128 e. The van der Waals surface area contributed by atoms with Gasteiger partial charge in [-0.2, -0.15) is 0 Å². The minimum atomic E-state index is -0.158. The molecule has 1 aromatic carbocycles. The second-order valence-corrected chi connectivity index (χ2v) is 4.57. The van der Waals surface area contributed by atoms with E-state index in [-0.39, 0.29) is 11.9 Å². The predicted molar refractivity (Wildman–Crippen MR) is 68.1 cm³/mol. The zero-order chi connectivity index (χ0) is 12.3. The lowest BCUT2D eigenvalue weighted by molar-refractivity contribution is 0.213. The summed E-state index contributed by atoms with van der Waals surface area (Å²) in [5.41, 5.74) is 7.93. The van der Waals surface area contributed by atoms with Crippen LogP contribution in [0, 0.1) is 5.82 Å². The van der Waals surface area contributed by atoms with Crippen LogP contribution in [0.15, 0.2) is 35.9 Å². The predicted octanol–water partition coefficient (Wildman–Crippen LogP) is 2.48. The van der Waals surface area contributed by atoms with Crippen LogP contribution in [-0.4, -0.2) is 24.5 Å². The molecule has 1 aliphatic rings. The Balaban J connectivity index is 2.20. The fourth-order valence-electron chi connectivity index (χ4n) is 2.29. The summed E-state index contributed by atoms with van der Waals surface area (Å²) in [4.78, 5) is 2.24. The van der Waals surface area contributed by atoms with Crippen molar-refractivity contribution in [3.63, 3.8) is 0 Å². The molecule has 92 valence electrons. The van der Waals surface area contributed by atoms with Crippen molar-refractivity contribution < 1.29 is 4.39 Å². The molecule has 1 atom stereocenters. The van der Waals surface area contributed by atoms with E-state index in [0.29, 0.717) is 12.1 Å². The lowest BCUT2D eigenvalue weighted by atomic mass is 10.0. The Bertz CT molecular complexity index is 414. The van der Waals surface area contributed by atoms with E-state index in [1.54, 1.807) is 6.07 Å². The van der Waals surface area contributed by atoms with E-state index in [2.05, 4.69) is 17.9 Å². The third-order valence-corrected chi connectivity index (χ3v) is 3.40. The summed E-state index contributed by atoms with van der Waals surface area (Å²) in [5.74, 6) is -0.158. The Hall–Kier alpha value is -1.19. The van der Waals surface area contributed by atoms with Crippen LogP contribution in [0.3, 0.4) is 0 Å². The minimum Gasteiger partial charge on any atom is -0.329 e. The molecule has 2 N–H and O–H groups in total. The number of nitrogens with zero attached hydrogens (tertiary/aromatic N) is 1. The minimum absolute atomic E-state index is 0.0134. The number of hydrogen-bond donors (Lipinski definition) is 1. The highest BCUT2D eigenvalue weighted by Crippen LogP contribution is 2.25. The molecular weight excluding hydrogens is 215 g/mol. The molecule has 0 aromatic heterocycles. The van der Waals surface area contributed by atoms with E-state index in [1.807, 2.05) is 12.1 Å². The summed E-state index contributed by atoms with van der Waals surface area (Å²) >= 11 is 0. The van der Waals surface area contributed by atoms with E-state index in [0.717, 1.165) is 19.5 Å². The van der Waals surface area contributed by atoms with Crippen LogP contribution >= 0.6 is 0 Å². The molecule has 1 unspecified atom stereocenters. The Morgan fingerprint density at radius 3 is 2.76 bits per heavy atom. The van der Waals surface area contributed by atoms with Gasteiger partial charge in [-0.1, -0.05) is 29.8 Å². The number of rotatable bonds is 3. The van der Waals surface area contributed by atoms with Crippen LogP contribution in [0.1, 0.15) is 24.9 Å². The van der Waals surface area contributed by atoms with Crippen LogP contribution < -0.4 is 5.73 Å². The molecule has 1 heterocycles. The number of benzene rings is 1. The van der Waals surface area contributed by atoms with Gasteiger partial charge in [0.2, 0.25) is 0 Å². The molecule has 0 saturated heterocycles. The van der Waals surface area contributed by atoms with E-state index in [1.165, 1.54) is 11.6 Å². The van der Waals surface area contributed by atoms with Gasteiger partial charge in [0.15, 0.2) is 0 Å². The Morgan fingerprint density at radius 1 is 1.41 bits per heavy atom. The molecule has 2 nitrogen and oxygen atoms in total. The monoisotopic (exact) mass is 234 g/mol. The van der Waals surface area contributed by atoms with Crippen molar-refractivity contribution >= 4 is 0 Å². The SMILES string of the molecule is CC1=CCN(C(CN)c2ccccc2F)CC1. The van der Waals surface area contributed by atoms with Gasteiger partial charge in [-0.25, -0.2) is 4.39 Å². The summed E-state index contributed by atoms with van der Waals surface area (Å²) in [5, 5.41) is 0. The van der Waals surface area contributed by atoms with Crippen molar-refractivity contribution in [2.75, 3.05) is 19.6 Å². The topological polar surface area (TPSA) is 29.3 Å².